The number of rotatable bonds is 2. The number of para-hydroxylation sites is 4. The van der Waals surface area contributed by atoms with Crippen LogP contribution in [0.2, 0.25) is 13.1 Å². The molecular weight excluding hydrogens is 853 g/mol. The molecule has 266 valence electrons. The smallest absolute Gasteiger partial charge is 0.493 e. The van der Waals surface area contributed by atoms with Crippen LogP contribution in [0.4, 0.5) is 22.7 Å². The van der Waals surface area contributed by atoms with Crippen molar-refractivity contribution in [3.63, 3.8) is 0 Å². The molecule has 0 radical (unpaired) electrons. The predicted molar refractivity (Wildman–Crippen MR) is 224 cm³/mol. The molecule has 6 heteroatoms. The second-order valence-electron chi connectivity index (χ2n) is 16.2. The Kier molecular flexibility index (Phi) is 7.89. The first-order chi connectivity index (χ1) is 25.6. The van der Waals surface area contributed by atoms with Gasteiger partial charge in [-0.1, -0.05) is 125 Å². The second kappa shape index (κ2) is 12.3. The number of imidazole rings is 1. The molecule has 0 atom stereocenters. The summed E-state index contributed by atoms with van der Waals surface area (Å²) in [6, 6.07) is 54.2. The monoisotopic (exact) mass is 894 g/mol. The minimum atomic E-state index is -1.69. The Balaban J connectivity index is 0.000000142. The van der Waals surface area contributed by atoms with E-state index in [0.717, 1.165) is 22.4 Å². The van der Waals surface area contributed by atoms with Gasteiger partial charge in [0.1, 0.15) is 8.07 Å². The molecule has 2 aromatic heterocycles. The normalized spacial score (nSPS) is 16.5. The van der Waals surface area contributed by atoms with Crippen LogP contribution in [-0.2, 0) is 30.9 Å². The first kappa shape index (κ1) is 34.7. The van der Waals surface area contributed by atoms with Crippen LogP contribution in [0, 0.1) is 18.8 Å². The first-order valence-corrected chi connectivity index (χ1v) is 21.6. The van der Waals surface area contributed by atoms with E-state index in [1.165, 1.54) is 60.5 Å². The SMILES string of the molecule is CC1(C)c2cccc3c4ccc[c-]c4c4nc(-c5ccccc5)c(n4c23)C1(C)C.C[Si]1(C)c2ccccc2N2[CH-]N(c3[c-]cccc3)c3cccc1c32.[Ir+3]. The molecule has 5 heterocycles. The van der Waals surface area contributed by atoms with Crippen molar-refractivity contribution in [1.29, 1.82) is 0 Å². The fraction of sp³-hybridized carbons (Fsp3) is 0.167. The number of hydrogen-bond acceptors (Lipinski definition) is 3. The molecule has 0 N–H and O–H groups in total. The van der Waals surface area contributed by atoms with Crippen molar-refractivity contribution in [1.82, 2.24) is 9.38 Å². The van der Waals surface area contributed by atoms with Gasteiger partial charge >= 0.3 is 20.1 Å². The van der Waals surface area contributed by atoms with Gasteiger partial charge in [0, 0.05) is 44.7 Å². The van der Waals surface area contributed by atoms with Crippen molar-refractivity contribution >= 4 is 68.5 Å². The Bertz CT molecular complexity index is 2750. The molecule has 3 aliphatic rings. The molecule has 0 amide bonds. The molecular formula is C48H41IrN4Si. The fourth-order valence-electron chi connectivity index (χ4n) is 9.15. The van der Waals surface area contributed by atoms with E-state index in [1.54, 1.807) is 0 Å². The summed E-state index contributed by atoms with van der Waals surface area (Å²) in [5.41, 5.74) is 12.1. The summed E-state index contributed by atoms with van der Waals surface area (Å²) in [5, 5.41) is 6.61. The zero-order valence-electron chi connectivity index (χ0n) is 31.4. The Morgan fingerprint density at radius 1 is 0.630 bits per heavy atom. The maximum atomic E-state index is 5.26. The van der Waals surface area contributed by atoms with E-state index in [2.05, 4.69) is 189 Å². The molecule has 0 unspecified atom stereocenters. The topological polar surface area (TPSA) is 23.8 Å². The van der Waals surface area contributed by atoms with Crippen LogP contribution in [0.3, 0.4) is 0 Å². The van der Waals surface area contributed by atoms with Crippen molar-refractivity contribution in [3.05, 3.63) is 164 Å². The Morgan fingerprint density at radius 2 is 1.31 bits per heavy atom. The van der Waals surface area contributed by atoms with Gasteiger partial charge in [0.15, 0.2) is 0 Å². The van der Waals surface area contributed by atoms with Crippen molar-refractivity contribution < 1.29 is 20.1 Å². The zero-order chi connectivity index (χ0) is 36.3. The molecule has 0 saturated heterocycles. The summed E-state index contributed by atoms with van der Waals surface area (Å²) in [7, 11) is -1.69. The Labute approximate surface area is 332 Å². The molecule has 11 rings (SSSR count). The van der Waals surface area contributed by atoms with E-state index in [4.69, 9.17) is 4.98 Å². The largest absolute Gasteiger partial charge is 3.00 e. The molecule has 4 nitrogen and oxygen atoms in total. The average molecular weight is 894 g/mol. The Hall–Kier alpha value is -5.00. The van der Waals surface area contributed by atoms with E-state index in [1.807, 2.05) is 18.2 Å². The number of anilines is 4. The third-order valence-corrected chi connectivity index (χ3v) is 16.1. The van der Waals surface area contributed by atoms with E-state index >= 15 is 0 Å². The van der Waals surface area contributed by atoms with E-state index in [-0.39, 0.29) is 30.9 Å². The number of nitrogens with zero attached hydrogens (tertiary/aromatic N) is 4. The van der Waals surface area contributed by atoms with Crippen LogP contribution in [0.5, 0.6) is 0 Å². The van der Waals surface area contributed by atoms with Crippen LogP contribution in [-0.4, -0.2) is 17.5 Å². The quantitative estimate of drug-likeness (QED) is 0.0982. The molecule has 0 saturated carbocycles. The van der Waals surface area contributed by atoms with Crippen molar-refractivity contribution in [3.8, 4) is 11.3 Å². The van der Waals surface area contributed by atoms with Gasteiger partial charge < -0.3 is 14.2 Å². The van der Waals surface area contributed by atoms with Crippen LogP contribution in [0.25, 0.3) is 38.6 Å². The second-order valence-corrected chi connectivity index (χ2v) is 20.5. The van der Waals surface area contributed by atoms with Crippen molar-refractivity contribution in [2.75, 3.05) is 9.80 Å². The molecule has 0 spiro atoms. The predicted octanol–water partition coefficient (Wildman–Crippen LogP) is 10.7. The average Bonchev–Trinajstić information content (AvgIpc) is 3.79. The van der Waals surface area contributed by atoms with Crippen molar-refractivity contribution in [2.45, 2.75) is 51.6 Å². The third-order valence-electron chi connectivity index (χ3n) is 12.6. The number of pyridine rings is 1. The van der Waals surface area contributed by atoms with Crippen LogP contribution in [0.15, 0.2) is 133 Å². The number of aromatic nitrogens is 2. The van der Waals surface area contributed by atoms with Gasteiger partial charge in [0.2, 0.25) is 0 Å². The fourth-order valence-corrected chi connectivity index (χ4v) is 12.1. The summed E-state index contributed by atoms with van der Waals surface area (Å²) in [6.07, 6.45) is 0. The summed E-state index contributed by atoms with van der Waals surface area (Å²) in [6.45, 7) is 16.6. The molecule has 3 aliphatic heterocycles. The van der Waals surface area contributed by atoms with E-state index < -0.39 is 8.07 Å². The summed E-state index contributed by atoms with van der Waals surface area (Å²) in [5.74, 6) is 0. The summed E-state index contributed by atoms with van der Waals surface area (Å²) < 4.78 is 2.43. The van der Waals surface area contributed by atoms with Gasteiger partial charge in [-0.2, -0.15) is 30.3 Å². The zero-order valence-corrected chi connectivity index (χ0v) is 34.8. The first-order valence-electron chi connectivity index (χ1n) is 18.6. The minimum Gasteiger partial charge on any atom is -0.493 e. The van der Waals surface area contributed by atoms with Gasteiger partial charge in [-0.15, -0.1) is 42.0 Å². The standard InChI is InChI=1S/C27H23N2.C21H18N2Si.Ir/c1-26(2)21-16-10-15-19-18-13-8-9-14-20(18)25-28-22(17-11-6-5-7-12-17)24(27(26,3)4)29(25)23(19)21;1-24(2)19-13-7-6-11-17(19)23-15-22(16-9-4-3-5-10-16)18-12-8-14-20(24)21(18)23;/h5-13,15-16H,1-4H3;3-9,11-15H,1-2H3;/q-1;-2;+3. The number of fused-ring (bicyclic) bond motifs is 5. The van der Waals surface area contributed by atoms with Crippen LogP contribution in [0.1, 0.15) is 39.0 Å². The van der Waals surface area contributed by atoms with Crippen LogP contribution < -0.4 is 20.2 Å². The molecule has 6 aromatic carbocycles. The molecule has 0 fully saturated rings. The van der Waals surface area contributed by atoms with Crippen molar-refractivity contribution in [2.24, 2.45) is 0 Å². The third kappa shape index (κ3) is 4.66. The van der Waals surface area contributed by atoms with Gasteiger partial charge in [0.25, 0.3) is 0 Å². The molecule has 8 aromatic rings. The van der Waals surface area contributed by atoms with Gasteiger partial charge in [-0.3, -0.25) is 4.98 Å². The minimum absolute atomic E-state index is 0. The van der Waals surface area contributed by atoms with E-state index in [9.17, 15) is 0 Å². The Morgan fingerprint density at radius 3 is 2.11 bits per heavy atom. The maximum absolute atomic E-state index is 5.26. The number of benzene rings is 6. The molecule has 54 heavy (non-hydrogen) atoms. The van der Waals surface area contributed by atoms with E-state index in [0.29, 0.717) is 0 Å². The summed E-state index contributed by atoms with van der Waals surface area (Å²) >= 11 is 0. The van der Waals surface area contributed by atoms with Gasteiger partial charge in [-0.25, -0.2) is 0 Å². The maximum Gasteiger partial charge on any atom is 3.00 e. The summed E-state index contributed by atoms with van der Waals surface area (Å²) in [4.78, 5) is 9.87. The number of hydrogen-bond donors (Lipinski definition) is 0. The molecule has 0 aliphatic carbocycles. The molecule has 0 bridgehead atoms. The van der Waals surface area contributed by atoms with Crippen LogP contribution >= 0.6 is 0 Å². The van der Waals surface area contributed by atoms with Gasteiger partial charge in [0.05, 0.1) is 11.3 Å². The van der Waals surface area contributed by atoms with Gasteiger partial charge in [-0.05, 0) is 33.5 Å².